The number of aromatic hydroxyl groups is 1. The first-order valence-electron chi connectivity index (χ1n) is 8.34. The number of rotatable bonds is 4. The van der Waals surface area contributed by atoms with E-state index in [9.17, 15) is 9.90 Å². The molecule has 5 heteroatoms. The smallest absolute Gasteiger partial charge is 0.271 e. The Hall–Kier alpha value is -3.34. The molecule has 0 fully saturated rings. The van der Waals surface area contributed by atoms with E-state index < -0.39 is 0 Å². The van der Waals surface area contributed by atoms with Gasteiger partial charge in [0.25, 0.3) is 5.91 Å². The van der Waals surface area contributed by atoms with Crippen molar-refractivity contribution < 1.29 is 9.90 Å². The van der Waals surface area contributed by atoms with Crippen LogP contribution in [0.4, 0.5) is 0 Å². The fraction of sp³-hybridized carbons (Fsp3) is 0.143. The standard InChI is InChI=1S/C21H21N3O2/c1-14-4-8-19(9-5-14)24-15(2)12-18(16(24)3)13-22-23-21(26)17-6-10-20(25)11-7-17/h4-13,25H,1-3H3,(H,23,26)/b22-13+. The van der Waals surface area contributed by atoms with E-state index in [-0.39, 0.29) is 11.7 Å². The summed E-state index contributed by atoms with van der Waals surface area (Å²) in [4.78, 5) is 12.0. The molecule has 0 aliphatic carbocycles. The minimum Gasteiger partial charge on any atom is -0.508 e. The summed E-state index contributed by atoms with van der Waals surface area (Å²) in [5.74, 6) is -0.206. The maximum absolute atomic E-state index is 12.0. The van der Waals surface area contributed by atoms with E-state index in [0.717, 1.165) is 22.6 Å². The third kappa shape index (κ3) is 3.67. The van der Waals surface area contributed by atoms with Crippen LogP contribution >= 0.6 is 0 Å². The van der Waals surface area contributed by atoms with Crippen molar-refractivity contribution in [2.45, 2.75) is 20.8 Å². The van der Waals surface area contributed by atoms with Crippen molar-refractivity contribution in [1.29, 1.82) is 0 Å². The summed E-state index contributed by atoms with van der Waals surface area (Å²) in [6.45, 7) is 6.13. The molecule has 26 heavy (non-hydrogen) atoms. The quantitative estimate of drug-likeness (QED) is 0.556. The Balaban J connectivity index is 1.77. The third-order valence-electron chi connectivity index (χ3n) is 4.26. The zero-order valence-electron chi connectivity index (χ0n) is 15.0. The molecule has 5 nitrogen and oxygen atoms in total. The lowest BCUT2D eigenvalue weighted by Gasteiger charge is -2.09. The SMILES string of the molecule is Cc1ccc(-n2c(C)cc(/C=N/NC(=O)c3ccc(O)cc3)c2C)cc1. The molecule has 0 aliphatic heterocycles. The molecule has 2 aromatic carbocycles. The molecule has 1 amide bonds. The molecular weight excluding hydrogens is 326 g/mol. The van der Waals surface area contributed by atoms with Gasteiger partial charge >= 0.3 is 0 Å². The van der Waals surface area contributed by atoms with Crippen LogP contribution in [0.25, 0.3) is 5.69 Å². The summed E-state index contributed by atoms with van der Waals surface area (Å²) in [5.41, 5.74) is 8.34. The number of amides is 1. The Kier molecular flexibility index (Phi) is 4.89. The molecule has 0 unspecified atom stereocenters. The van der Waals surface area contributed by atoms with Crippen molar-refractivity contribution in [1.82, 2.24) is 9.99 Å². The lowest BCUT2D eigenvalue weighted by Crippen LogP contribution is -2.17. The van der Waals surface area contributed by atoms with Gasteiger partial charge in [0.15, 0.2) is 0 Å². The molecule has 0 radical (unpaired) electrons. The van der Waals surface area contributed by atoms with Gasteiger partial charge in [0.2, 0.25) is 0 Å². The number of phenolic OH excluding ortho intramolecular Hbond substituents is 1. The zero-order valence-corrected chi connectivity index (χ0v) is 15.0. The number of hydrazone groups is 1. The summed E-state index contributed by atoms with van der Waals surface area (Å²) in [5, 5.41) is 13.3. The Morgan fingerprint density at radius 1 is 1.04 bits per heavy atom. The van der Waals surface area contributed by atoms with E-state index in [2.05, 4.69) is 46.3 Å². The topological polar surface area (TPSA) is 66.6 Å². The number of nitrogens with zero attached hydrogens (tertiary/aromatic N) is 2. The molecule has 1 aromatic heterocycles. The van der Waals surface area contributed by atoms with Crippen LogP contribution in [0.1, 0.15) is 32.9 Å². The van der Waals surface area contributed by atoms with Crippen LogP contribution in [0.15, 0.2) is 59.7 Å². The van der Waals surface area contributed by atoms with Gasteiger partial charge in [0.05, 0.1) is 6.21 Å². The number of phenols is 1. The van der Waals surface area contributed by atoms with Crippen LogP contribution in [0.2, 0.25) is 0 Å². The predicted octanol–water partition coefficient (Wildman–Crippen LogP) is 3.87. The number of benzene rings is 2. The second kappa shape index (κ2) is 7.27. The van der Waals surface area contributed by atoms with Gasteiger partial charge in [0.1, 0.15) is 5.75 Å². The number of carbonyl (C=O) groups is 1. The lowest BCUT2D eigenvalue weighted by molar-refractivity contribution is 0.0955. The first-order valence-corrected chi connectivity index (χ1v) is 8.34. The highest BCUT2D eigenvalue weighted by Gasteiger charge is 2.09. The third-order valence-corrected chi connectivity index (χ3v) is 4.26. The van der Waals surface area contributed by atoms with Gasteiger partial charge in [-0.25, -0.2) is 5.43 Å². The highest BCUT2D eigenvalue weighted by molar-refractivity contribution is 5.95. The van der Waals surface area contributed by atoms with E-state index in [1.807, 2.05) is 19.9 Å². The second-order valence-electron chi connectivity index (χ2n) is 6.24. The highest BCUT2D eigenvalue weighted by Crippen LogP contribution is 2.20. The van der Waals surface area contributed by atoms with E-state index in [1.54, 1.807) is 18.3 Å². The molecule has 0 aliphatic rings. The first-order chi connectivity index (χ1) is 12.5. The number of nitrogens with one attached hydrogen (secondary N) is 1. The molecular formula is C21H21N3O2. The number of carbonyl (C=O) groups excluding carboxylic acids is 1. The maximum Gasteiger partial charge on any atom is 0.271 e. The van der Waals surface area contributed by atoms with Gasteiger partial charge in [-0.15, -0.1) is 0 Å². The molecule has 2 N–H and O–H groups in total. The monoisotopic (exact) mass is 347 g/mol. The van der Waals surface area contributed by atoms with Gasteiger partial charge in [-0.2, -0.15) is 5.10 Å². The van der Waals surface area contributed by atoms with Crippen LogP contribution in [-0.2, 0) is 0 Å². The molecule has 1 heterocycles. The molecule has 132 valence electrons. The summed E-state index contributed by atoms with van der Waals surface area (Å²) >= 11 is 0. The van der Waals surface area contributed by atoms with Crippen molar-refractivity contribution in [3.8, 4) is 11.4 Å². The summed E-state index contributed by atoms with van der Waals surface area (Å²) in [7, 11) is 0. The number of hydrogen-bond acceptors (Lipinski definition) is 3. The van der Waals surface area contributed by atoms with E-state index in [4.69, 9.17) is 0 Å². The lowest BCUT2D eigenvalue weighted by atomic mass is 10.2. The van der Waals surface area contributed by atoms with Crippen LogP contribution < -0.4 is 5.43 Å². The van der Waals surface area contributed by atoms with Crippen LogP contribution in [0, 0.1) is 20.8 Å². The Bertz CT molecular complexity index is 952. The van der Waals surface area contributed by atoms with Crippen LogP contribution in [-0.4, -0.2) is 21.8 Å². The van der Waals surface area contributed by atoms with Gasteiger partial charge in [0, 0.05) is 28.2 Å². The van der Waals surface area contributed by atoms with E-state index in [1.165, 1.54) is 17.7 Å². The zero-order chi connectivity index (χ0) is 18.7. The fourth-order valence-corrected chi connectivity index (χ4v) is 2.85. The van der Waals surface area contributed by atoms with Crippen molar-refractivity contribution in [3.63, 3.8) is 0 Å². The Morgan fingerprint density at radius 2 is 1.69 bits per heavy atom. The predicted molar refractivity (Wildman–Crippen MR) is 103 cm³/mol. The second-order valence-corrected chi connectivity index (χ2v) is 6.24. The molecule has 0 bridgehead atoms. The Labute approximate surface area is 152 Å². The van der Waals surface area contributed by atoms with Gasteiger partial charge in [-0.1, -0.05) is 17.7 Å². The van der Waals surface area contributed by atoms with Crippen molar-refractivity contribution in [2.75, 3.05) is 0 Å². The minimum atomic E-state index is -0.325. The minimum absolute atomic E-state index is 0.119. The van der Waals surface area contributed by atoms with Crippen molar-refractivity contribution in [2.24, 2.45) is 5.10 Å². The Morgan fingerprint density at radius 3 is 2.35 bits per heavy atom. The largest absolute Gasteiger partial charge is 0.508 e. The molecule has 3 aromatic rings. The van der Waals surface area contributed by atoms with E-state index in [0.29, 0.717) is 5.56 Å². The normalized spacial score (nSPS) is 11.0. The van der Waals surface area contributed by atoms with Crippen molar-refractivity contribution >= 4 is 12.1 Å². The van der Waals surface area contributed by atoms with Crippen LogP contribution in [0.3, 0.4) is 0 Å². The van der Waals surface area contributed by atoms with Gasteiger partial charge in [-0.3, -0.25) is 4.79 Å². The van der Waals surface area contributed by atoms with E-state index >= 15 is 0 Å². The summed E-state index contributed by atoms with van der Waals surface area (Å²) in [6.07, 6.45) is 1.64. The molecule has 0 saturated heterocycles. The summed E-state index contributed by atoms with van der Waals surface area (Å²) in [6, 6.07) is 16.4. The average Bonchev–Trinajstić information content (AvgIpc) is 2.90. The fourth-order valence-electron chi connectivity index (χ4n) is 2.85. The number of hydrogen-bond donors (Lipinski definition) is 2. The molecule has 0 spiro atoms. The summed E-state index contributed by atoms with van der Waals surface area (Å²) < 4.78 is 2.16. The number of aromatic nitrogens is 1. The maximum atomic E-state index is 12.0. The molecule has 0 saturated carbocycles. The number of aryl methyl sites for hydroxylation is 2. The van der Waals surface area contributed by atoms with Crippen molar-refractivity contribution in [3.05, 3.63) is 82.7 Å². The van der Waals surface area contributed by atoms with Gasteiger partial charge < -0.3 is 9.67 Å². The average molecular weight is 347 g/mol. The van der Waals surface area contributed by atoms with Gasteiger partial charge in [-0.05, 0) is 63.2 Å². The molecule has 0 atom stereocenters. The first kappa shape index (κ1) is 17.5. The molecule has 3 rings (SSSR count). The highest BCUT2D eigenvalue weighted by atomic mass is 16.3. The van der Waals surface area contributed by atoms with Crippen LogP contribution in [0.5, 0.6) is 5.75 Å².